The molecule has 0 aromatic carbocycles. The van der Waals surface area contributed by atoms with Crippen molar-refractivity contribution < 1.29 is 8.42 Å². The van der Waals surface area contributed by atoms with E-state index in [0.29, 0.717) is 11.7 Å². The molecule has 0 bridgehead atoms. The highest BCUT2D eigenvalue weighted by Crippen LogP contribution is 2.14. The summed E-state index contributed by atoms with van der Waals surface area (Å²) in [6.45, 7) is 4.81. The van der Waals surface area contributed by atoms with Crippen molar-refractivity contribution in [3.05, 3.63) is 11.6 Å². The summed E-state index contributed by atoms with van der Waals surface area (Å²) in [6.07, 6.45) is 1.57. The van der Waals surface area contributed by atoms with Crippen LogP contribution in [-0.4, -0.2) is 31.7 Å². The summed E-state index contributed by atoms with van der Waals surface area (Å²) in [6, 6.07) is 0. The minimum Gasteiger partial charge on any atom is -0.316 e. The fourth-order valence-corrected chi connectivity index (χ4v) is 2.70. The van der Waals surface area contributed by atoms with Crippen molar-refractivity contribution in [2.75, 3.05) is 17.8 Å². The Morgan fingerprint density at radius 2 is 2.33 bits per heavy atom. The van der Waals surface area contributed by atoms with Gasteiger partial charge in [0.25, 0.3) is 0 Å². The van der Waals surface area contributed by atoms with Crippen LogP contribution in [0.4, 0.5) is 5.13 Å². The van der Waals surface area contributed by atoms with Crippen LogP contribution in [0.5, 0.6) is 0 Å². The summed E-state index contributed by atoms with van der Waals surface area (Å²) >= 11 is 1.27. The van der Waals surface area contributed by atoms with Gasteiger partial charge < -0.3 is 5.32 Å². The second-order valence-corrected chi connectivity index (χ2v) is 6.10. The van der Waals surface area contributed by atoms with Crippen LogP contribution in [0, 0.1) is 0 Å². The molecule has 1 aromatic heterocycles. The number of nitrogens with one attached hydrogen (secondary N) is 2. The Kier molecular flexibility index (Phi) is 4.49. The zero-order valence-electron chi connectivity index (χ0n) is 8.73. The van der Waals surface area contributed by atoms with Gasteiger partial charge in [0.05, 0.1) is 5.25 Å². The highest BCUT2D eigenvalue weighted by Gasteiger charge is 2.20. The average molecular weight is 249 g/mol. The maximum atomic E-state index is 11.7. The quantitative estimate of drug-likeness (QED) is 0.785. The van der Waals surface area contributed by atoms with Gasteiger partial charge in [-0.1, -0.05) is 6.92 Å². The van der Waals surface area contributed by atoms with Gasteiger partial charge in [-0.25, -0.2) is 13.4 Å². The van der Waals surface area contributed by atoms with Crippen LogP contribution >= 0.6 is 11.3 Å². The average Bonchev–Trinajstić information content (AvgIpc) is 2.65. The Bertz CT molecular complexity index is 375. The minimum absolute atomic E-state index is 0.415. The summed E-state index contributed by atoms with van der Waals surface area (Å²) in [5, 5.41) is 4.67. The molecule has 86 valence electrons. The lowest BCUT2D eigenvalue weighted by Gasteiger charge is -2.13. The lowest BCUT2D eigenvalue weighted by Crippen LogP contribution is -2.34. The number of nitrogens with zero attached hydrogens (tertiary/aromatic N) is 1. The Labute approximate surface area is 94.0 Å². The van der Waals surface area contributed by atoms with Gasteiger partial charge in [-0.15, -0.1) is 11.3 Å². The molecule has 0 radical (unpaired) electrons. The van der Waals surface area contributed by atoms with E-state index in [1.807, 2.05) is 6.92 Å². The highest BCUT2D eigenvalue weighted by atomic mass is 32.2. The molecule has 0 aliphatic heterocycles. The van der Waals surface area contributed by atoms with E-state index in [0.717, 1.165) is 6.54 Å². The van der Waals surface area contributed by atoms with Gasteiger partial charge in [0.1, 0.15) is 0 Å². The Morgan fingerprint density at radius 1 is 1.60 bits per heavy atom. The van der Waals surface area contributed by atoms with Gasteiger partial charge in [-0.05, 0) is 13.5 Å². The van der Waals surface area contributed by atoms with Crippen molar-refractivity contribution in [3.63, 3.8) is 0 Å². The molecule has 1 aromatic rings. The van der Waals surface area contributed by atoms with Gasteiger partial charge in [0.15, 0.2) is 5.13 Å². The van der Waals surface area contributed by atoms with Crippen LogP contribution in [0.1, 0.15) is 13.8 Å². The Balaban J connectivity index is 2.59. The van der Waals surface area contributed by atoms with E-state index < -0.39 is 15.3 Å². The molecule has 0 aliphatic carbocycles. The molecule has 1 atom stereocenters. The van der Waals surface area contributed by atoms with Crippen LogP contribution in [0.2, 0.25) is 0 Å². The predicted octanol–water partition coefficient (Wildman–Crippen LogP) is 0.883. The molecule has 1 unspecified atom stereocenters. The van der Waals surface area contributed by atoms with E-state index in [2.05, 4.69) is 15.0 Å². The second kappa shape index (κ2) is 5.43. The normalized spacial score (nSPS) is 13.7. The lowest BCUT2D eigenvalue weighted by atomic mass is 10.5. The van der Waals surface area contributed by atoms with Crippen LogP contribution in [0.15, 0.2) is 11.6 Å². The smallest absolute Gasteiger partial charge is 0.238 e. The minimum atomic E-state index is -3.32. The first-order valence-corrected chi connectivity index (χ1v) is 7.10. The van der Waals surface area contributed by atoms with Crippen molar-refractivity contribution in [3.8, 4) is 0 Å². The molecule has 5 nitrogen and oxygen atoms in total. The molecule has 0 spiro atoms. The van der Waals surface area contributed by atoms with Crippen molar-refractivity contribution in [2.24, 2.45) is 0 Å². The summed E-state index contributed by atoms with van der Waals surface area (Å²) in [5.41, 5.74) is 0. The Morgan fingerprint density at radius 3 is 2.87 bits per heavy atom. The topological polar surface area (TPSA) is 71.1 Å². The zero-order chi connectivity index (χ0) is 11.3. The van der Waals surface area contributed by atoms with Gasteiger partial charge in [0.2, 0.25) is 10.0 Å². The van der Waals surface area contributed by atoms with Gasteiger partial charge in [0, 0.05) is 18.1 Å². The SMILES string of the molecule is CCNCC(C)S(=O)(=O)Nc1nccs1. The van der Waals surface area contributed by atoms with Crippen molar-refractivity contribution in [1.29, 1.82) is 0 Å². The third-order valence-electron chi connectivity index (χ3n) is 1.87. The van der Waals surface area contributed by atoms with Gasteiger partial charge in [-0.3, -0.25) is 4.72 Å². The fraction of sp³-hybridized carbons (Fsp3) is 0.625. The van der Waals surface area contributed by atoms with E-state index in [9.17, 15) is 8.42 Å². The number of anilines is 1. The standard InChI is InChI=1S/C8H15N3O2S2/c1-3-9-6-7(2)15(12,13)11-8-10-4-5-14-8/h4-5,7,9H,3,6H2,1-2H3,(H,10,11). The van der Waals surface area contributed by atoms with Crippen molar-refractivity contribution >= 4 is 26.5 Å². The number of thiazole rings is 1. The third-order valence-corrected chi connectivity index (χ3v) is 4.40. The number of hydrogen-bond acceptors (Lipinski definition) is 5. The van der Waals surface area contributed by atoms with E-state index in [1.165, 1.54) is 11.3 Å². The van der Waals surface area contributed by atoms with Gasteiger partial charge in [-0.2, -0.15) is 0 Å². The number of sulfonamides is 1. The maximum Gasteiger partial charge on any atom is 0.238 e. The van der Waals surface area contributed by atoms with E-state index >= 15 is 0 Å². The van der Waals surface area contributed by atoms with Crippen LogP contribution in [0.3, 0.4) is 0 Å². The first-order valence-electron chi connectivity index (χ1n) is 4.68. The van der Waals surface area contributed by atoms with Crippen LogP contribution < -0.4 is 10.0 Å². The number of rotatable bonds is 6. The molecule has 0 saturated carbocycles. The summed E-state index contributed by atoms with van der Waals surface area (Å²) in [7, 11) is -3.32. The molecule has 15 heavy (non-hydrogen) atoms. The molecule has 0 saturated heterocycles. The molecule has 0 aliphatic rings. The molecule has 0 fully saturated rings. The summed E-state index contributed by atoms with van der Waals surface area (Å²) in [4.78, 5) is 3.87. The van der Waals surface area contributed by atoms with Crippen molar-refractivity contribution in [2.45, 2.75) is 19.1 Å². The zero-order valence-corrected chi connectivity index (χ0v) is 10.4. The number of hydrogen-bond donors (Lipinski definition) is 2. The largest absolute Gasteiger partial charge is 0.316 e. The lowest BCUT2D eigenvalue weighted by molar-refractivity contribution is 0.579. The molecular weight excluding hydrogens is 234 g/mol. The Hall–Kier alpha value is -0.660. The van der Waals surface area contributed by atoms with Crippen LogP contribution in [0.25, 0.3) is 0 Å². The molecule has 7 heteroatoms. The van der Waals surface area contributed by atoms with E-state index in [-0.39, 0.29) is 0 Å². The predicted molar refractivity (Wildman–Crippen MR) is 62.7 cm³/mol. The fourth-order valence-electron chi connectivity index (χ4n) is 0.953. The van der Waals surface area contributed by atoms with Gasteiger partial charge >= 0.3 is 0 Å². The monoisotopic (exact) mass is 249 g/mol. The third kappa shape index (κ3) is 3.77. The first-order chi connectivity index (χ1) is 7.06. The number of aromatic nitrogens is 1. The summed E-state index contributed by atoms with van der Waals surface area (Å²) < 4.78 is 25.9. The van der Waals surface area contributed by atoms with Crippen molar-refractivity contribution in [1.82, 2.24) is 10.3 Å². The molecule has 2 N–H and O–H groups in total. The van der Waals surface area contributed by atoms with E-state index in [1.54, 1.807) is 18.5 Å². The van der Waals surface area contributed by atoms with E-state index in [4.69, 9.17) is 0 Å². The first kappa shape index (κ1) is 12.4. The maximum absolute atomic E-state index is 11.7. The molecule has 1 heterocycles. The molecule has 0 amide bonds. The molecular formula is C8H15N3O2S2. The summed E-state index contributed by atoms with van der Waals surface area (Å²) in [5.74, 6) is 0. The highest BCUT2D eigenvalue weighted by molar-refractivity contribution is 7.93. The molecule has 1 rings (SSSR count). The van der Waals surface area contributed by atoms with Crippen LogP contribution in [-0.2, 0) is 10.0 Å². The second-order valence-electron chi connectivity index (χ2n) is 3.10.